The Hall–Kier alpha value is -2.79. The number of fused-ring (bicyclic) bond motifs is 1. The van der Waals surface area contributed by atoms with Gasteiger partial charge < -0.3 is 19.9 Å². The number of carbonyl (C=O) groups is 1. The van der Waals surface area contributed by atoms with Crippen molar-refractivity contribution in [3.63, 3.8) is 0 Å². The van der Waals surface area contributed by atoms with Crippen LogP contribution >= 0.6 is 0 Å². The zero-order chi connectivity index (χ0) is 20.1. The average Bonchev–Trinajstić information content (AvgIpc) is 3.20. The Morgan fingerprint density at radius 3 is 2.62 bits per heavy atom. The highest BCUT2D eigenvalue weighted by molar-refractivity contribution is 5.80. The van der Waals surface area contributed by atoms with E-state index < -0.39 is 0 Å². The molecular formula is C24H29N3O2. The minimum atomic E-state index is 0.123. The maximum atomic E-state index is 12.5. The van der Waals surface area contributed by atoms with Gasteiger partial charge in [-0.1, -0.05) is 30.3 Å². The number of carbonyl (C=O) groups excluding carboxylic acids is 1. The van der Waals surface area contributed by atoms with Gasteiger partial charge in [-0.3, -0.25) is 4.79 Å². The predicted molar refractivity (Wildman–Crippen MR) is 116 cm³/mol. The number of hydrogen-bond donors (Lipinski definition) is 2. The first kappa shape index (κ1) is 19.5. The molecule has 0 radical (unpaired) electrons. The zero-order valence-electron chi connectivity index (χ0n) is 17.0. The van der Waals surface area contributed by atoms with E-state index >= 15 is 0 Å². The van der Waals surface area contributed by atoms with Gasteiger partial charge in [0.15, 0.2) is 0 Å². The smallest absolute Gasteiger partial charge is 0.223 e. The lowest BCUT2D eigenvalue weighted by Crippen LogP contribution is -2.41. The topological polar surface area (TPSA) is 57.4 Å². The van der Waals surface area contributed by atoms with E-state index in [4.69, 9.17) is 4.74 Å². The van der Waals surface area contributed by atoms with Crippen molar-refractivity contribution in [3.05, 3.63) is 65.9 Å². The molecule has 2 N–H and O–H groups in total. The number of nitrogens with zero attached hydrogens (tertiary/aromatic N) is 1. The Bertz CT molecular complexity index is 907. The zero-order valence-corrected chi connectivity index (χ0v) is 17.0. The van der Waals surface area contributed by atoms with Gasteiger partial charge in [0.25, 0.3) is 0 Å². The summed E-state index contributed by atoms with van der Waals surface area (Å²) in [6.07, 6.45) is 2.88. The molecule has 0 atom stereocenters. The fourth-order valence-corrected chi connectivity index (χ4v) is 4.04. The first-order valence-electron chi connectivity index (χ1n) is 10.4. The fraction of sp³-hybridized carbons (Fsp3) is 0.375. The van der Waals surface area contributed by atoms with E-state index in [1.807, 2.05) is 24.3 Å². The maximum absolute atomic E-state index is 12.5. The number of hydrogen-bond acceptors (Lipinski definition) is 3. The molecule has 0 unspecified atom stereocenters. The minimum absolute atomic E-state index is 0.123. The molecule has 2 heterocycles. The van der Waals surface area contributed by atoms with Crippen LogP contribution in [0.4, 0.5) is 0 Å². The van der Waals surface area contributed by atoms with Crippen LogP contribution in [0.15, 0.2) is 54.6 Å². The summed E-state index contributed by atoms with van der Waals surface area (Å²) >= 11 is 0. The molecule has 1 saturated heterocycles. The van der Waals surface area contributed by atoms with Crippen molar-refractivity contribution in [2.75, 3.05) is 26.7 Å². The second-order valence-corrected chi connectivity index (χ2v) is 7.81. The third-order valence-electron chi connectivity index (χ3n) is 5.87. The number of rotatable bonds is 7. The molecule has 4 rings (SSSR count). The molecule has 5 heteroatoms. The number of para-hydroxylation sites is 1. The van der Waals surface area contributed by atoms with Gasteiger partial charge in [0.2, 0.25) is 5.91 Å². The van der Waals surface area contributed by atoms with E-state index in [0.29, 0.717) is 6.54 Å². The first-order chi connectivity index (χ1) is 14.2. The molecule has 0 aliphatic carbocycles. The molecule has 1 amide bonds. The largest absolute Gasteiger partial charge is 0.497 e. The molecule has 3 aromatic rings. The fourth-order valence-electron chi connectivity index (χ4n) is 4.04. The predicted octanol–water partition coefficient (Wildman–Crippen LogP) is 3.75. The molecule has 2 aromatic carbocycles. The van der Waals surface area contributed by atoms with Crippen molar-refractivity contribution >= 4 is 16.8 Å². The summed E-state index contributed by atoms with van der Waals surface area (Å²) in [5, 5.41) is 4.36. The highest BCUT2D eigenvalue weighted by Gasteiger charge is 2.24. The number of likely N-dealkylation sites (tertiary alicyclic amines) is 1. The van der Waals surface area contributed by atoms with Crippen LogP contribution in [0.1, 0.15) is 24.1 Å². The third kappa shape index (κ3) is 4.98. The molecule has 1 fully saturated rings. The van der Waals surface area contributed by atoms with Crippen LogP contribution in [0.2, 0.25) is 0 Å². The lowest BCUT2D eigenvalue weighted by atomic mass is 9.95. The maximum Gasteiger partial charge on any atom is 0.223 e. The van der Waals surface area contributed by atoms with Crippen LogP contribution < -0.4 is 10.1 Å². The Labute approximate surface area is 172 Å². The van der Waals surface area contributed by atoms with Gasteiger partial charge >= 0.3 is 0 Å². The van der Waals surface area contributed by atoms with Crippen LogP contribution in [0, 0.1) is 5.92 Å². The number of aromatic amines is 1. The van der Waals surface area contributed by atoms with Crippen LogP contribution in [0.25, 0.3) is 10.9 Å². The third-order valence-corrected chi connectivity index (χ3v) is 5.87. The Kier molecular flexibility index (Phi) is 6.15. The summed E-state index contributed by atoms with van der Waals surface area (Å²) in [6, 6.07) is 18.5. The molecule has 0 spiro atoms. The number of aromatic nitrogens is 1. The number of ether oxygens (including phenoxy) is 1. The van der Waals surface area contributed by atoms with E-state index in [9.17, 15) is 4.79 Å². The van der Waals surface area contributed by atoms with Gasteiger partial charge in [-0.2, -0.15) is 0 Å². The summed E-state index contributed by atoms with van der Waals surface area (Å²) in [6.45, 7) is 3.58. The quantitative estimate of drug-likeness (QED) is 0.645. The summed E-state index contributed by atoms with van der Waals surface area (Å²) in [5.74, 6) is 1.13. The molecule has 0 saturated carbocycles. The van der Waals surface area contributed by atoms with Crippen molar-refractivity contribution in [2.24, 2.45) is 5.92 Å². The second-order valence-electron chi connectivity index (χ2n) is 7.81. The minimum Gasteiger partial charge on any atom is -0.497 e. The second kappa shape index (κ2) is 9.14. The van der Waals surface area contributed by atoms with Crippen molar-refractivity contribution in [3.8, 4) is 5.75 Å². The van der Waals surface area contributed by atoms with Gasteiger partial charge in [0.1, 0.15) is 5.75 Å². The van der Waals surface area contributed by atoms with E-state index in [2.05, 4.69) is 45.5 Å². The molecular weight excluding hydrogens is 362 g/mol. The number of H-pyrrole nitrogens is 1. The van der Waals surface area contributed by atoms with E-state index in [0.717, 1.165) is 50.2 Å². The average molecular weight is 392 g/mol. The Morgan fingerprint density at radius 1 is 1.14 bits per heavy atom. The SMILES string of the molecule is COc1ccc(CNC(=O)C2CCN(CCc3cc4ccccc4[nH]3)CC2)cc1. The Morgan fingerprint density at radius 2 is 1.90 bits per heavy atom. The normalized spacial score (nSPS) is 15.5. The summed E-state index contributed by atoms with van der Waals surface area (Å²) in [5.41, 5.74) is 3.58. The molecule has 1 aliphatic heterocycles. The number of benzene rings is 2. The summed E-state index contributed by atoms with van der Waals surface area (Å²) in [7, 11) is 1.66. The first-order valence-corrected chi connectivity index (χ1v) is 10.4. The monoisotopic (exact) mass is 391 g/mol. The van der Waals surface area contributed by atoms with E-state index in [-0.39, 0.29) is 11.8 Å². The lowest BCUT2D eigenvalue weighted by Gasteiger charge is -2.31. The van der Waals surface area contributed by atoms with Crippen LogP contribution in [0.3, 0.4) is 0 Å². The molecule has 5 nitrogen and oxygen atoms in total. The van der Waals surface area contributed by atoms with Crippen LogP contribution in [-0.4, -0.2) is 42.5 Å². The summed E-state index contributed by atoms with van der Waals surface area (Å²) in [4.78, 5) is 18.5. The summed E-state index contributed by atoms with van der Waals surface area (Å²) < 4.78 is 5.17. The highest BCUT2D eigenvalue weighted by atomic mass is 16.5. The molecule has 1 aliphatic rings. The van der Waals surface area contributed by atoms with Crippen LogP contribution in [-0.2, 0) is 17.8 Å². The molecule has 152 valence electrons. The Balaban J connectivity index is 1.19. The number of amides is 1. The van der Waals surface area contributed by atoms with E-state index in [1.165, 1.54) is 16.6 Å². The number of methoxy groups -OCH3 is 1. The van der Waals surface area contributed by atoms with E-state index in [1.54, 1.807) is 7.11 Å². The number of piperidine rings is 1. The van der Waals surface area contributed by atoms with Crippen LogP contribution in [0.5, 0.6) is 5.75 Å². The van der Waals surface area contributed by atoms with Crippen molar-refractivity contribution in [2.45, 2.75) is 25.8 Å². The number of nitrogens with one attached hydrogen (secondary N) is 2. The highest BCUT2D eigenvalue weighted by Crippen LogP contribution is 2.19. The lowest BCUT2D eigenvalue weighted by molar-refractivity contribution is -0.126. The molecule has 0 bridgehead atoms. The van der Waals surface area contributed by atoms with Gasteiger partial charge in [-0.25, -0.2) is 0 Å². The van der Waals surface area contributed by atoms with Gasteiger partial charge in [-0.05, 0) is 61.1 Å². The van der Waals surface area contributed by atoms with Gasteiger partial charge in [0.05, 0.1) is 7.11 Å². The van der Waals surface area contributed by atoms with Gasteiger partial charge in [0, 0.05) is 36.6 Å². The standard InChI is InChI=1S/C24H29N3O2/c1-29-22-8-6-18(7-9-22)17-25-24(28)19-10-13-27(14-11-19)15-12-21-16-20-4-2-3-5-23(20)26-21/h2-9,16,19,26H,10-15,17H2,1H3,(H,25,28). The van der Waals surface area contributed by atoms with Crippen molar-refractivity contribution in [1.82, 2.24) is 15.2 Å². The van der Waals surface area contributed by atoms with Crippen molar-refractivity contribution in [1.29, 1.82) is 0 Å². The molecule has 1 aromatic heterocycles. The molecule has 29 heavy (non-hydrogen) atoms. The van der Waals surface area contributed by atoms with Crippen molar-refractivity contribution < 1.29 is 9.53 Å². The van der Waals surface area contributed by atoms with Gasteiger partial charge in [-0.15, -0.1) is 0 Å².